The summed E-state index contributed by atoms with van der Waals surface area (Å²) in [6, 6.07) is 0. The second-order valence-corrected chi connectivity index (χ2v) is 3.96. The van der Waals surface area contributed by atoms with Crippen LogP contribution in [0, 0.1) is 11.8 Å². The minimum Gasteiger partial charge on any atom is -0.377 e. The molecule has 3 atom stereocenters. The first kappa shape index (κ1) is 7.56. The molecule has 2 heteroatoms. The number of methoxy groups -OCH3 is 1. The zero-order valence-corrected chi connectivity index (χ0v) is 7.18. The summed E-state index contributed by atoms with van der Waals surface area (Å²) in [5.74, 6) is 1.73. The average Bonchev–Trinajstić information content (AvgIpc) is 2.23. The Morgan fingerprint density at radius 3 is 2.55 bits per heavy atom. The highest BCUT2D eigenvalue weighted by Crippen LogP contribution is 2.53. The Kier molecular flexibility index (Phi) is 1.69. The van der Waals surface area contributed by atoms with E-state index in [4.69, 9.17) is 10.5 Å². The lowest BCUT2D eigenvalue weighted by Gasteiger charge is -2.41. The minimum atomic E-state index is 0.0723. The molecule has 2 aliphatic carbocycles. The van der Waals surface area contributed by atoms with Crippen LogP contribution in [0.1, 0.15) is 25.7 Å². The summed E-state index contributed by atoms with van der Waals surface area (Å²) in [6.45, 7) is 0.713. The van der Waals surface area contributed by atoms with Gasteiger partial charge in [-0.25, -0.2) is 0 Å². The highest BCUT2D eigenvalue weighted by Gasteiger charge is 2.52. The van der Waals surface area contributed by atoms with Gasteiger partial charge in [-0.2, -0.15) is 0 Å². The van der Waals surface area contributed by atoms with E-state index in [2.05, 4.69) is 0 Å². The number of hydrogen-bond donors (Lipinski definition) is 1. The van der Waals surface area contributed by atoms with Gasteiger partial charge in [0, 0.05) is 13.7 Å². The molecular weight excluding hydrogens is 138 g/mol. The van der Waals surface area contributed by atoms with Gasteiger partial charge in [-0.1, -0.05) is 0 Å². The Morgan fingerprint density at radius 1 is 1.45 bits per heavy atom. The van der Waals surface area contributed by atoms with Gasteiger partial charge in [0.15, 0.2) is 0 Å². The molecule has 0 aromatic rings. The second kappa shape index (κ2) is 2.46. The van der Waals surface area contributed by atoms with Gasteiger partial charge in [0.2, 0.25) is 0 Å². The van der Waals surface area contributed by atoms with Gasteiger partial charge in [0.25, 0.3) is 0 Å². The SMILES string of the molecule is COC1(CN)CC[C@H]2CC[C@H]21. The van der Waals surface area contributed by atoms with Crippen LogP contribution in [0.15, 0.2) is 0 Å². The summed E-state index contributed by atoms with van der Waals surface area (Å²) >= 11 is 0. The van der Waals surface area contributed by atoms with E-state index in [0.29, 0.717) is 6.54 Å². The van der Waals surface area contributed by atoms with Crippen molar-refractivity contribution in [3.05, 3.63) is 0 Å². The summed E-state index contributed by atoms with van der Waals surface area (Å²) < 4.78 is 5.56. The predicted octanol–water partition coefficient (Wildman–Crippen LogP) is 1.15. The average molecular weight is 155 g/mol. The third-order valence-corrected chi connectivity index (χ3v) is 3.78. The Hall–Kier alpha value is -0.0800. The van der Waals surface area contributed by atoms with Crippen LogP contribution >= 0.6 is 0 Å². The van der Waals surface area contributed by atoms with Crippen molar-refractivity contribution in [3.63, 3.8) is 0 Å². The summed E-state index contributed by atoms with van der Waals surface area (Å²) in [6.07, 6.45) is 5.29. The molecular formula is C9H17NO. The van der Waals surface area contributed by atoms with Crippen LogP contribution in [-0.2, 0) is 4.74 Å². The molecule has 0 aromatic carbocycles. The fourth-order valence-electron chi connectivity index (χ4n) is 2.81. The van der Waals surface area contributed by atoms with Gasteiger partial charge in [-0.05, 0) is 37.5 Å². The van der Waals surface area contributed by atoms with E-state index in [1.54, 1.807) is 0 Å². The van der Waals surface area contributed by atoms with E-state index >= 15 is 0 Å². The van der Waals surface area contributed by atoms with Crippen molar-refractivity contribution in [3.8, 4) is 0 Å². The maximum atomic E-state index is 5.74. The summed E-state index contributed by atoms with van der Waals surface area (Å²) in [4.78, 5) is 0. The summed E-state index contributed by atoms with van der Waals surface area (Å²) in [5, 5.41) is 0. The standard InChI is InChI=1S/C9H17NO/c1-11-9(6-10)5-4-7-2-3-8(7)9/h7-8H,2-6,10H2,1H3/t7-,8-,9?/m1/s1. The molecule has 2 aliphatic rings. The van der Waals surface area contributed by atoms with Gasteiger partial charge >= 0.3 is 0 Å². The van der Waals surface area contributed by atoms with Crippen molar-refractivity contribution in [1.29, 1.82) is 0 Å². The van der Waals surface area contributed by atoms with Crippen molar-refractivity contribution in [2.45, 2.75) is 31.3 Å². The Labute approximate surface area is 68.1 Å². The topological polar surface area (TPSA) is 35.2 Å². The normalized spacial score (nSPS) is 48.5. The molecule has 64 valence electrons. The molecule has 0 amide bonds. The predicted molar refractivity (Wildman–Crippen MR) is 44.2 cm³/mol. The lowest BCUT2D eigenvalue weighted by Crippen LogP contribution is -2.47. The lowest BCUT2D eigenvalue weighted by atomic mass is 9.71. The first-order chi connectivity index (χ1) is 5.32. The maximum Gasteiger partial charge on any atom is 0.0831 e. The molecule has 2 fully saturated rings. The molecule has 11 heavy (non-hydrogen) atoms. The highest BCUT2D eigenvalue weighted by atomic mass is 16.5. The van der Waals surface area contributed by atoms with Crippen LogP contribution in [0.25, 0.3) is 0 Å². The third-order valence-electron chi connectivity index (χ3n) is 3.78. The smallest absolute Gasteiger partial charge is 0.0831 e. The van der Waals surface area contributed by atoms with E-state index in [-0.39, 0.29) is 5.60 Å². The quantitative estimate of drug-likeness (QED) is 0.649. The molecule has 2 nitrogen and oxygen atoms in total. The third kappa shape index (κ3) is 0.859. The molecule has 0 radical (unpaired) electrons. The monoisotopic (exact) mass is 155 g/mol. The molecule has 0 bridgehead atoms. The van der Waals surface area contributed by atoms with Gasteiger partial charge in [0.1, 0.15) is 0 Å². The molecule has 0 aromatic heterocycles. The molecule has 2 saturated carbocycles. The highest BCUT2D eigenvalue weighted by molar-refractivity contribution is 5.04. The van der Waals surface area contributed by atoms with Crippen LogP contribution in [-0.4, -0.2) is 19.3 Å². The number of hydrogen-bond acceptors (Lipinski definition) is 2. The molecule has 1 unspecified atom stereocenters. The molecule has 2 rings (SSSR count). The van der Waals surface area contributed by atoms with Crippen LogP contribution in [0.5, 0.6) is 0 Å². The van der Waals surface area contributed by atoms with Gasteiger partial charge in [0.05, 0.1) is 5.60 Å². The fraction of sp³-hybridized carbons (Fsp3) is 1.00. The molecule has 0 spiro atoms. The largest absolute Gasteiger partial charge is 0.377 e. The first-order valence-electron chi connectivity index (χ1n) is 4.57. The van der Waals surface area contributed by atoms with E-state index in [1.807, 2.05) is 7.11 Å². The minimum absolute atomic E-state index is 0.0723. The molecule has 0 heterocycles. The van der Waals surface area contributed by atoms with Crippen molar-refractivity contribution >= 4 is 0 Å². The molecule has 0 saturated heterocycles. The number of fused-ring (bicyclic) bond motifs is 1. The Bertz CT molecular complexity index is 154. The Morgan fingerprint density at radius 2 is 2.27 bits per heavy atom. The van der Waals surface area contributed by atoms with E-state index in [1.165, 1.54) is 25.7 Å². The van der Waals surface area contributed by atoms with Crippen molar-refractivity contribution in [2.75, 3.05) is 13.7 Å². The summed E-state index contributed by atoms with van der Waals surface area (Å²) in [5.41, 5.74) is 5.81. The number of nitrogens with two attached hydrogens (primary N) is 1. The van der Waals surface area contributed by atoms with Crippen molar-refractivity contribution in [1.82, 2.24) is 0 Å². The van der Waals surface area contributed by atoms with E-state index < -0.39 is 0 Å². The van der Waals surface area contributed by atoms with Crippen molar-refractivity contribution in [2.24, 2.45) is 17.6 Å². The summed E-state index contributed by atoms with van der Waals surface area (Å²) in [7, 11) is 1.81. The van der Waals surface area contributed by atoms with Crippen LogP contribution < -0.4 is 5.73 Å². The number of ether oxygens (including phenoxy) is 1. The van der Waals surface area contributed by atoms with Crippen LogP contribution in [0.4, 0.5) is 0 Å². The second-order valence-electron chi connectivity index (χ2n) is 3.96. The Balaban J connectivity index is 2.11. The maximum absolute atomic E-state index is 5.74. The van der Waals surface area contributed by atoms with E-state index in [0.717, 1.165) is 11.8 Å². The van der Waals surface area contributed by atoms with Crippen LogP contribution in [0.2, 0.25) is 0 Å². The van der Waals surface area contributed by atoms with Crippen molar-refractivity contribution < 1.29 is 4.74 Å². The lowest BCUT2D eigenvalue weighted by molar-refractivity contribution is -0.0655. The molecule has 2 N–H and O–H groups in total. The van der Waals surface area contributed by atoms with Gasteiger partial charge < -0.3 is 10.5 Å². The van der Waals surface area contributed by atoms with E-state index in [9.17, 15) is 0 Å². The zero-order valence-electron chi connectivity index (χ0n) is 7.18. The van der Waals surface area contributed by atoms with Gasteiger partial charge in [-0.3, -0.25) is 0 Å². The number of rotatable bonds is 2. The first-order valence-corrected chi connectivity index (χ1v) is 4.57. The molecule has 0 aliphatic heterocycles. The fourth-order valence-corrected chi connectivity index (χ4v) is 2.81. The van der Waals surface area contributed by atoms with Gasteiger partial charge in [-0.15, -0.1) is 0 Å². The van der Waals surface area contributed by atoms with Crippen LogP contribution in [0.3, 0.4) is 0 Å². The zero-order chi connectivity index (χ0) is 7.90.